The topological polar surface area (TPSA) is 28.4 Å². The van der Waals surface area contributed by atoms with Gasteiger partial charge in [0.15, 0.2) is 0 Å². The fraction of sp³-hybridized carbons (Fsp3) is 0.667. The van der Waals surface area contributed by atoms with Gasteiger partial charge in [-0.2, -0.15) is 0 Å². The van der Waals surface area contributed by atoms with Gasteiger partial charge in [-0.3, -0.25) is 4.90 Å². The molecule has 0 atom stereocenters. The number of likely N-dealkylation sites (tertiary alicyclic amines) is 1. The van der Waals surface area contributed by atoms with Gasteiger partial charge >= 0.3 is 0 Å². The normalized spacial score (nSPS) is 18.2. The van der Waals surface area contributed by atoms with Crippen molar-refractivity contribution in [1.82, 2.24) is 10.2 Å². The summed E-state index contributed by atoms with van der Waals surface area (Å²) in [6.45, 7) is 4.24. The zero-order chi connectivity index (χ0) is 10.5. The second-order valence-electron chi connectivity index (χ2n) is 4.24. The van der Waals surface area contributed by atoms with E-state index in [-0.39, 0.29) is 0 Å². The monoisotopic (exact) mass is 208 g/mol. The first kappa shape index (κ1) is 10.7. The number of piperidine rings is 1. The molecule has 0 amide bonds. The van der Waals surface area contributed by atoms with Crippen molar-refractivity contribution in [3.8, 4) is 0 Å². The van der Waals surface area contributed by atoms with Gasteiger partial charge in [-0.05, 0) is 45.1 Å². The molecule has 1 saturated heterocycles. The molecule has 84 valence electrons. The Morgan fingerprint density at radius 2 is 1.93 bits per heavy atom. The molecule has 1 fully saturated rings. The minimum absolute atomic E-state index is 0.819. The lowest BCUT2D eigenvalue weighted by Crippen LogP contribution is -2.28. The number of rotatable bonds is 4. The van der Waals surface area contributed by atoms with E-state index in [4.69, 9.17) is 4.42 Å². The highest BCUT2D eigenvalue weighted by Gasteiger charge is 2.12. The molecule has 1 aliphatic rings. The summed E-state index contributed by atoms with van der Waals surface area (Å²) in [6.07, 6.45) is 4.06. The van der Waals surface area contributed by atoms with E-state index in [2.05, 4.69) is 22.3 Å². The maximum Gasteiger partial charge on any atom is 0.118 e. The Labute approximate surface area is 91.4 Å². The van der Waals surface area contributed by atoms with Crippen molar-refractivity contribution in [3.63, 3.8) is 0 Å². The molecule has 0 saturated carbocycles. The molecule has 3 nitrogen and oxygen atoms in total. The Bertz CT molecular complexity index is 290. The molecule has 0 aromatic carbocycles. The smallest absolute Gasteiger partial charge is 0.118 e. The quantitative estimate of drug-likeness (QED) is 0.820. The molecule has 2 heterocycles. The van der Waals surface area contributed by atoms with Crippen molar-refractivity contribution >= 4 is 0 Å². The molecule has 15 heavy (non-hydrogen) atoms. The Morgan fingerprint density at radius 1 is 1.20 bits per heavy atom. The van der Waals surface area contributed by atoms with Crippen LogP contribution in [-0.4, -0.2) is 25.0 Å². The van der Waals surface area contributed by atoms with E-state index in [1.807, 2.05) is 7.05 Å². The number of furan rings is 1. The van der Waals surface area contributed by atoms with Gasteiger partial charge in [0.1, 0.15) is 11.5 Å². The van der Waals surface area contributed by atoms with E-state index in [0.717, 1.165) is 24.6 Å². The third-order valence-electron chi connectivity index (χ3n) is 2.90. The summed E-state index contributed by atoms with van der Waals surface area (Å²) < 4.78 is 5.72. The molecular weight excluding hydrogens is 188 g/mol. The second kappa shape index (κ2) is 5.33. The predicted molar refractivity (Wildman–Crippen MR) is 60.6 cm³/mol. The minimum atomic E-state index is 0.819. The van der Waals surface area contributed by atoms with Gasteiger partial charge in [0.05, 0.1) is 13.1 Å². The number of hydrogen-bond acceptors (Lipinski definition) is 3. The summed E-state index contributed by atoms with van der Waals surface area (Å²) >= 11 is 0. The summed E-state index contributed by atoms with van der Waals surface area (Å²) in [4.78, 5) is 2.48. The SMILES string of the molecule is CNCc1ccc(CN2CCCCC2)o1. The van der Waals surface area contributed by atoms with Crippen LogP contribution in [0.3, 0.4) is 0 Å². The Morgan fingerprint density at radius 3 is 2.67 bits per heavy atom. The van der Waals surface area contributed by atoms with Crippen LogP contribution in [0.5, 0.6) is 0 Å². The first-order valence-electron chi connectivity index (χ1n) is 5.83. The highest BCUT2D eigenvalue weighted by Crippen LogP contribution is 2.14. The van der Waals surface area contributed by atoms with Gasteiger partial charge < -0.3 is 9.73 Å². The van der Waals surface area contributed by atoms with Crippen LogP contribution in [0.4, 0.5) is 0 Å². The molecule has 0 aliphatic carbocycles. The second-order valence-corrected chi connectivity index (χ2v) is 4.24. The third kappa shape index (κ3) is 3.08. The molecule has 1 N–H and O–H groups in total. The fourth-order valence-corrected chi connectivity index (χ4v) is 2.11. The van der Waals surface area contributed by atoms with E-state index in [1.165, 1.54) is 32.4 Å². The predicted octanol–water partition coefficient (Wildman–Crippen LogP) is 1.98. The van der Waals surface area contributed by atoms with Gasteiger partial charge in [-0.15, -0.1) is 0 Å². The van der Waals surface area contributed by atoms with Gasteiger partial charge in [-0.1, -0.05) is 6.42 Å². The first-order chi connectivity index (χ1) is 7.38. The van der Waals surface area contributed by atoms with Crippen LogP contribution in [0, 0.1) is 0 Å². The van der Waals surface area contributed by atoms with Crippen LogP contribution in [0.25, 0.3) is 0 Å². The molecule has 0 unspecified atom stereocenters. The average molecular weight is 208 g/mol. The Balaban J connectivity index is 1.86. The van der Waals surface area contributed by atoms with Crippen molar-refractivity contribution < 1.29 is 4.42 Å². The lowest BCUT2D eigenvalue weighted by Gasteiger charge is -2.25. The summed E-state index contributed by atoms with van der Waals surface area (Å²) in [5.74, 6) is 2.13. The van der Waals surface area contributed by atoms with E-state index in [0.29, 0.717) is 0 Å². The van der Waals surface area contributed by atoms with Gasteiger partial charge in [0.25, 0.3) is 0 Å². The number of nitrogens with zero attached hydrogens (tertiary/aromatic N) is 1. The molecule has 0 bridgehead atoms. The van der Waals surface area contributed by atoms with Crippen molar-refractivity contribution in [2.24, 2.45) is 0 Å². The van der Waals surface area contributed by atoms with Gasteiger partial charge in [-0.25, -0.2) is 0 Å². The van der Waals surface area contributed by atoms with Crippen LogP contribution in [-0.2, 0) is 13.1 Å². The lowest BCUT2D eigenvalue weighted by molar-refractivity contribution is 0.203. The minimum Gasteiger partial charge on any atom is -0.463 e. The molecule has 0 radical (unpaired) electrons. The zero-order valence-electron chi connectivity index (χ0n) is 9.46. The lowest BCUT2D eigenvalue weighted by atomic mass is 10.1. The highest BCUT2D eigenvalue weighted by atomic mass is 16.3. The van der Waals surface area contributed by atoms with E-state index < -0.39 is 0 Å². The Hall–Kier alpha value is -0.800. The van der Waals surface area contributed by atoms with Crippen molar-refractivity contribution in [1.29, 1.82) is 0 Å². The molecule has 0 spiro atoms. The van der Waals surface area contributed by atoms with Crippen LogP contribution >= 0.6 is 0 Å². The molecule has 1 aromatic rings. The number of nitrogens with one attached hydrogen (secondary N) is 1. The maximum absolute atomic E-state index is 5.72. The van der Waals surface area contributed by atoms with Crippen molar-refractivity contribution in [2.75, 3.05) is 20.1 Å². The molecule has 3 heteroatoms. The van der Waals surface area contributed by atoms with Crippen molar-refractivity contribution in [3.05, 3.63) is 23.7 Å². The summed E-state index contributed by atoms with van der Waals surface area (Å²) in [5, 5.41) is 3.09. The number of hydrogen-bond donors (Lipinski definition) is 1. The largest absolute Gasteiger partial charge is 0.463 e. The van der Waals surface area contributed by atoms with Crippen LogP contribution < -0.4 is 5.32 Å². The highest BCUT2D eigenvalue weighted by molar-refractivity contribution is 5.07. The molecular formula is C12H20N2O. The summed E-state index contributed by atoms with van der Waals surface area (Å²) in [5.41, 5.74) is 0. The maximum atomic E-state index is 5.72. The van der Waals surface area contributed by atoms with Crippen molar-refractivity contribution in [2.45, 2.75) is 32.4 Å². The first-order valence-corrected chi connectivity index (χ1v) is 5.83. The third-order valence-corrected chi connectivity index (χ3v) is 2.90. The van der Waals surface area contributed by atoms with E-state index in [9.17, 15) is 0 Å². The van der Waals surface area contributed by atoms with Gasteiger partial charge in [0.2, 0.25) is 0 Å². The van der Waals surface area contributed by atoms with Crippen LogP contribution in [0.2, 0.25) is 0 Å². The van der Waals surface area contributed by atoms with E-state index >= 15 is 0 Å². The van der Waals surface area contributed by atoms with Gasteiger partial charge in [0, 0.05) is 0 Å². The summed E-state index contributed by atoms with van der Waals surface area (Å²) in [7, 11) is 1.94. The summed E-state index contributed by atoms with van der Waals surface area (Å²) in [6, 6.07) is 4.16. The zero-order valence-corrected chi connectivity index (χ0v) is 9.46. The van der Waals surface area contributed by atoms with E-state index in [1.54, 1.807) is 0 Å². The molecule has 1 aromatic heterocycles. The fourth-order valence-electron chi connectivity index (χ4n) is 2.11. The van der Waals surface area contributed by atoms with Crippen LogP contribution in [0.15, 0.2) is 16.5 Å². The van der Waals surface area contributed by atoms with Crippen LogP contribution in [0.1, 0.15) is 30.8 Å². The molecule has 2 rings (SSSR count). The Kier molecular flexibility index (Phi) is 3.80. The average Bonchev–Trinajstić information content (AvgIpc) is 2.68. The standard InChI is InChI=1S/C12H20N2O/c1-13-9-11-5-6-12(15-11)10-14-7-3-2-4-8-14/h5-6,13H,2-4,7-10H2,1H3. The molecule has 1 aliphatic heterocycles.